The third-order valence-electron chi connectivity index (χ3n) is 10.1. The Balaban J connectivity index is 1.25. The van der Waals surface area contributed by atoms with Crippen LogP contribution in [0.1, 0.15) is 73.7 Å². The summed E-state index contributed by atoms with van der Waals surface area (Å²) < 4.78 is 41.0. The molecule has 2 aliphatic heterocycles. The third kappa shape index (κ3) is 7.08. The van der Waals surface area contributed by atoms with E-state index in [1.54, 1.807) is 24.0 Å². The highest BCUT2D eigenvalue weighted by molar-refractivity contribution is 6.07. The average molecular weight is 706 g/mol. The minimum atomic E-state index is -4.49. The van der Waals surface area contributed by atoms with E-state index in [1.807, 2.05) is 12.1 Å². The number of amides is 3. The van der Waals surface area contributed by atoms with Crippen molar-refractivity contribution in [3.05, 3.63) is 53.9 Å². The van der Waals surface area contributed by atoms with Crippen LogP contribution in [0.2, 0.25) is 0 Å². The van der Waals surface area contributed by atoms with Gasteiger partial charge in [0.05, 0.1) is 5.52 Å². The molecular weight excluding hydrogens is 667 g/mol. The SMILES string of the molecule is CC(=O)c1nn2c3c(cc(-c4cnc(C)nc4)cc13)CCCCCCC(=O)NC[C@@]13C[C@@H](C(=O)Nc4ccn(CC(F)(F)F)n4)N(C(=O)C2)[C@@H]1C3. The fraction of sp³-hybridized carbons (Fsp3) is 0.486. The Morgan fingerprint density at radius 3 is 2.49 bits per heavy atom. The number of rotatable bonds is 5. The van der Waals surface area contributed by atoms with Crippen LogP contribution in [-0.2, 0) is 33.9 Å². The quantitative estimate of drug-likeness (QED) is 0.290. The van der Waals surface area contributed by atoms with Crippen LogP contribution in [0.3, 0.4) is 0 Å². The molecule has 5 heterocycles. The van der Waals surface area contributed by atoms with E-state index in [-0.39, 0.29) is 42.2 Å². The number of anilines is 1. The maximum Gasteiger partial charge on any atom is 0.408 e. The Bertz CT molecular complexity index is 2020. The summed E-state index contributed by atoms with van der Waals surface area (Å²) in [5.41, 5.74) is 2.82. The van der Waals surface area contributed by atoms with E-state index in [4.69, 9.17) is 0 Å². The summed E-state index contributed by atoms with van der Waals surface area (Å²) in [6, 6.07) is 3.83. The summed E-state index contributed by atoms with van der Waals surface area (Å²) >= 11 is 0. The lowest BCUT2D eigenvalue weighted by Crippen LogP contribution is -2.46. The Morgan fingerprint density at radius 1 is 1.02 bits per heavy atom. The van der Waals surface area contributed by atoms with Gasteiger partial charge in [0.1, 0.15) is 30.6 Å². The highest BCUT2D eigenvalue weighted by Gasteiger charge is 2.67. The average Bonchev–Trinajstić information content (AvgIpc) is 3.32. The molecule has 3 amide bonds. The van der Waals surface area contributed by atoms with Crippen molar-refractivity contribution in [2.24, 2.45) is 5.41 Å². The number of benzene rings is 1. The first-order valence-corrected chi connectivity index (χ1v) is 17.1. The number of nitrogens with zero attached hydrogens (tertiary/aromatic N) is 7. The monoisotopic (exact) mass is 705 g/mol. The van der Waals surface area contributed by atoms with Gasteiger partial charge in [-0.05, 0) is 62.3 Å². The van der Waals surface area contributed by atoms with E-state index < -0.39 is 36.0 Å². The molecule has 7 rings (SSSR count). The zero-order chi connectivity index (χ0) is 36.1. The van der Waals surface area contributed by atoms with Crippen LogP contribution in [0.5, 0.6) is 0 Å². The van der Waals surface area contributed by atoms with E-state index in [0.29, 0.717) is 53.6 Å². The van der Waals surface area contributed by atoms with Gasteiger partial charge in [0.2, 0.25) is 17.7 Å². The molecule has 3 aromatic heterocycles. The van der Waals surface area contributed by atoms with Crippen molar-refractivity contribution in [1.82, 2.24) is 39.7 Å². The first kappa shape index (κ1) is 34.3. The van der Waals surface area contributed by atoms with Crippen LogP contribution in [0.4, 0.5) is 19.0 Å². The number of aromatic nitrogens is 6. The second-order valence-corrected chi connectivity index (χ2v) is 13.9. The molecule has 3 atom stereocenters. The predicted octanol–water partition coefficient (Wildman–Crippen LogP) is 4.38. The molecule has 1 saturated heterocycles. The second-order valence-electron chi connectivity index (χ2n) is 13.9. The number of halogens is 3. The van der Waals surface area contributed by atoms with E-state index in [9.17, 15) is 32.3 Å². The fourth-order valence-corrected chi connectivity index (χ4v) is 7.58. The Hall–Kier alpha value is -5.15. The lowest BCUT2D eigenvalue weighted by Gasteiger charge is -2.26. The van der Waals surface area contributed by atoms with Crippen molar-refractivity contribution >= 4 is 40.2 Å². The van der Waals surface area contributed by atoms with E-state index >= 15 is 0 Å². The molecule has 0 unspecified atom stereocenters. The van der Waals surface area contributed by atoms with Crippen molar-refractivity contribution in [3.63, 3.8) is 0 Å². The maximum atomic E-state index is 14.3. The Morgan fingerprint density at radius 2 is 1.76 bits per heavy atom. The van der Waals surface area contributed by atoms with Gasteiger partial charge >= 0.3 is 6.18 Å². The van der Waals surface area contributed by atoms with Crippen LogP contribution >= 0.6 is 0 Å². The van der Waals surface area contributed by atoms with Gasteiger partial charge in [0.25, 0.3) is 0 Å². The van der Waals surface area contributed by atoms with Crippen molar-refractivity contribution < 1.29 is 32.3 Å². The van der Waals surface area contributed by atoms with Crippen molar-refractivity contribution in [2.75, 3.05) is 11.9 Å². The molecule has 1 aliphatic carbocycles. The molecule has 51 heavy (non-hydrogen) atoms. The van der Waals surface area contributed by atoms with Crippen molar-refractivity contribution in [2.45, 2.75) is 96.6 Å². The highest BCUT2D eigenvalue weighted by atomic mass is 19.4. The van der Waals surface area contributed by atoms with Crippen molar-refractivity contribution in [3.8, 4) is 11.1 Å². The molecule has 268 valence electrons. The molecule has 2 N–H and O–H groups in total. The van der Waals surface area contributed by atoms with E-state index in [0.717, 1.165) is 42.1 Å². The summed E-state index contributed by atoms with van der Waals surface area (Å²) in [5, 5.41) is 14.7. The fourth-order valence-electron chi connectivity index (χ4n) is 7.58. The molecule has 13 nitrogen and oxygen atoms in total. The number of alkyl halides is 3. The second kappa shape index (κ2) is 13.2. The first-order chi connectivity index (χ1) is 24.3. The molecule has 3 aliphatic rings. The summed E-state index contributed by atoms with van der Waals surface area (Å²) in [7, 11) is 0. The molecule has 2 fully saturated rings. The number of aryl methyl sites for hydroxylation is 2. The maximum absolute atomic E-state index is 14.3. The lowest BCUT2D eigenvalue weighted by molar-refractivity contribution is -0.142. The highest BCUT2D eigenvalue weighted by Crippen LogP contribution is 2.59. The zero-order valence-electron chi connectivity index (χ0n) is 28.3. The molecule has 4 aromatic rings. The molecule has 1 aromatic carbocycles. The summed E-state index contributed by atoms with van der Waals surface area (Å²) in [6.45, 7) is 1.94. The number of carbonyl (C=O) groups excluding carboxylic acids is 4. The van der Waals surface area contributed by atoms with E-state index in [2.05, 4.69) is 30.8 Å². The van der Waals surface area contributed by atoms with Gasteiger partial charge in [-0.25, -0.2) is 9.97 Å². The first-order valence-electron chi connectivity index (χ1n) is 17.1. The number of hydrogen-bond acceptors (Lipinski definition) is 8. The standard InChI is InChI=1S/C35H38F3N9O4/c1-20(48)31-25-12-23(24-15-39-21(2)40-16-24)11-22-7-5-3-4-6-8-29(49)41-18-34-13-26(33(51)42-28-9-10-45(43-28)19-35(36,37)38)47(27(34)14-34)30(50)17-46(44-31)32(22)25/h9-12,15-16,26-27H,3-8,13-14,17-19H2,1-2H3,(H,41,49)(H,42,43,51)/t26-,27+,34-/m0/s1. The summed E-state index contributed by atoms with van der Waals surface area (Å²) in [4.78, 5) is 64.0. The van der Waals surface area contributed by atoms with Crippen LogP contribution in [0, 0.1) is 12.3 Å². The van der Waals surface area contributed by atoms with Gasteiger partial charge in [0, 0.05) is 67.0 Å². The number of carbonyl (C=O) groups is 4. The number of ketones is 1. The predicted molar refractivity (Wildman–Crippen MR) is 178 cm³/mol. The Kier molecular flexibility index (Phi) is 8.87. The molecular formula is C35H38F3N9O4. The summed E-state index contributed by atoms with van der Waals surface area (Å²) in [6.07, 6.45) is 5.13. The minimum absolute atomic E-state index is 0.0716. The van der Waals surface area contributed by atoms with Gasteiger partial charge in [-0.15, -0.1) is 0 Å². The van der Waals surface area contributed by atoms with Crippen LogP contribution in [0.25, 0.3) is 22.0 Å². The smallest absolute Gasteiger partial charge is 0.355 e. The molecule has 1 saturated carbocycles. The number of nitrogens with one attached hydrogen (secondary N) is 2. The van der Waals surface area contributed by atoms with Gasteiger partial charge in [0.15, 0.2) is 11.6 Å². The largest absolute Gasteiger partial charge is 0.408 e. The van der Waals surface area contributed by atoms with Gasteiger partial charge < -0.3 is 15.5 Å². The van der Waals surface area contributed by atoms with Gasteiger partial charge in [-0.2, -0.15) is 23.4 Å². The normalized spacial score (nSPS) is 22.7. The topological polar surface area (TPSA) is 157 Å². The van der Waals surface area contributed by atoms with Crippen molar-refractivity contribution in [1.29, 1.82) is 0 Å². The van der Waals surface area contributed by atoms with Crippen LogP contribution < -0.4 is 10.6 Å². The summed E-state index contributed by atoms with van der Waals surface area (Å²) in [5.74, 6) is -0.799. The molecule has 0 radical (unpaired) electrons. The number of piperidine rings is 1. The molecule has 0 spiro atoms. The third-order valence-corrected chi connectivity index (χ3v) is 10.1. The zero-order valence-corrected chi connectivity index (χ0v) is 28.3. The van der Waals surface area contributed by atoms with Crippen LogP contribution in [-0.4, -0.2) is 82.7 Å². The Labute approximate surface area is 291 Å². The van der Waals surface area contributed by atoms with Gasteiger partial charge in [-0.1, -0.05) is 12.8 Å². The number of hydrogen-bond donors (Lipinski definition) is 2. The van der Waals surface area contributed by atoms with Gasteiger partial charge in [-0.3, -0.25) is 28.5 Å². The lowest BCUT2D eigenvalue weighted by atomic mass is 9.96. The van der Waals surface area contributed by atoms with Crippen LogP contribution in [0.15, 0.2) is 36.8 Å². The number of Topliss-reactive ketones (excluding diaryl/α,β-unsaturated/α-hetero) is 1. The minimum Gasteiger partial charge on any atom is -0.355 e. The molecule has 2 bridgehead atoms. The van der Waals surface area contributed by atoms with E-state index in [1.165, 1.54) is 17.9 Å². The molecule has 16 heteroatoms.